The van der Waals surface area contributed by atoms with E-state index in [1.165, 1.54) is 18.9 Å². The molecule has 0 saturated heterocycles. The molecule has 2 N–H and O–H groups in total. The molecule has 4 bridgehead atoms. The van der Waals surface area contributed by atoms with Gasteiger partial charge in [-0.05, 0) is 87.5 Å². The van der Waals surface area contributed by atoms with Crippen LogP contribution in [-0.2, 0) is 0 Å². The minimum atomic E-state index is -0.659. The van der Waals surface area contributed by atoms with Crippen molar-refractivity contribution in [3.63, 3.8) is 0 Å². The summed E-state index contributed by atoms with van der Waals surface area (Å²) < 4.78 is 16.9. The van der Waals surface area contributed by atoms with E-state index in [2.05, 4.69) is 4.98 Å². The Bertz CT molecular complexity index is 977. The summed E-state index contributed by atoms with van der Waals surface area (Å²) in [6, 6.07) is 5.03. The molecular weight excluding hydrogens is 379 g/mol. The van der Waals surface area contributed by atoms with Crippen molar-refractivity contribution in [2.24, 2.45) is 29.1 Å². The van der Waals surface area contributed by atoms with Crippen LogP contribution in [0.25, 0.3) is 11.3 Å². The summed E-state index contributed by atoms with van der Waals surface area (Å²) in [6.07, 6.45) is 9.05. The molecule has 0 radical (unpaired) electrons. The third kappa shape index (κ3) is 2.54. The third-order valence-corrected chi connectivity index (χ3v) is 8.95. The number of hydrogen-bond donors (Lipinski definition) is 2. The number of aliphatic hydroxyl groups is 2. The normalized spacial score (nSPS) is 37.3. The van der Waals surface area contributed by atoms with Gasteiger partial charge in [-0.2, -0.15) is 0 Å². The van der Waals surface area contributed by atoms with Crippen LogP contribution in [0, 0.1) is 34.9 Å². The molecule has 0 spiro atoms. The summed E-state index contributed by atoms with van der Waals surface area (Å²) in [5.41, 5.74) is 1.79. The van der Waals surface area contributed by atoms with E-state index >= 15 is 0 Å². The van der Waals surface area contributed by atoms with E-state index in [9.17, 15) is 14.6 Å². The van der Waals surface area contributed by atoms with Crippen molar-refractivity contribution in [3.8, 4) is 11.3 Å². The highest BCUT2D eigenvalue weighted by molar-refractivity contribution is 5.69. The number of aromatic nitrogens is 2. The fourth-order valence-corrected chi connectivity index (χ4v) is 8.34. The summed E-state index contributed by atoms with van der Waals surface area (Å²) in [5, 5.41) is 22.4. The second-order valence-corrected chi connectivity index (χ2v) is 11.2. The lowest BCUT2D eigenvalue weighted by Gasteiger charge is -2.63. The second kappa shape index (κ2) is 6.17. The van der Waals surface area contributed by atoms with Crippen molar-refractivity contribution in [1.29, 1.82) is 0 Å². The van der Waals surface area contributed by atoms with Crippen LogP contribution in [-0.4, -0.2) is 31.5 Å². The highest BCUT2D eigenvalue weighted by Crippen LogP contribution is 2.66. The van der Waals surface area contributed by atoms with Crippen molar-refractivity contribution in [2.45, 2.75) is 70.1 Å². The van der Waals surface area contributed by atoms with Crippen LogP contribution in [0.15, 0.2) is 30.7 Å². The number of nitrogens with zero attached hydrogens (tertiary/aromatic N) is 2. The number of fused-ring (bicyclic) bond motifs is 3. The topological polar surface area (TPSA) is 58.3 Å². The van der Waals surface area contributed by atoms with Gasteiger partial charge in [-0.25, -0.2) is 9.37 Å². The molecule has 4 nitrogen and oxygen atoms in total. The zero-order valence-corrected chi connectivity index (χ0v) is 17.8. The SMILES string of the molecule is CC(C)(O)C1C2CC3CC1CC(C(O)CC1c4c(F)cccc4-c4cncn41)(C3)C2. The van der Waals surface area contributed by atoms with Gasteiger partial charge in [-0.3, -0.25) is 0 Å². The number of imidazole rings is 1. The highest BCUT2D eigenvalue weighted by Gasteiger charge is 2.60. The fourth-order valence-electron chi connectivity index (χ4n) is 8.34. The van der Waals surface area contributed by atoms with Crippen LogP contribution >= 0.6 is 0 Å². The molecule has 1 aliphatic heterocycles. The molecule has 1 aromatic carbocycles. The zero-order valence-electron chi connectivity index (χ0n) is 17.8. The van der Waals surface area contributed by atoms with Crippen molar-refractivity contribution in [2.75, 3.05) is 0 Å². The molecule has 4 fully saturated rings. The Labute approximate surface area is 177 Å². The van der Waals surface area contributed by atoms with E-state index in [1.54, 1.807) is 18.6 Å². The molecule has 4 aliphatic carbocycles. The molecule has 4 saturated carbocycles. The zero-order chi connectivity index (χ0) is 20.8. The summed E-state index contributed by atoms with van der Waals surface area (Å²) in [7, 11) is 0. The summed E-state index contributed by atoms with van der Waals surface area (Å²) in [6.45, 7) is 3.92. The Kier molecular flexibility index (Phi) is 3.91. The second-order valence-electron chi connectivity index (χ2n) is 11.2. The number of benzene rings is 1. The molecule has 5 aliphatic rings. The summed E-state index contributed by atoms with van der Waals surface area (Å²) in [4.78, 5) is 4.29. The Morgan fingerprint density at radius 1 is 1.23 bits per heavy atom. The van der Waals surface area contributed by atoms with Crippen LogP contribution in [0.5, 0.6) is 0 Å². The first-order valence-corrected chi connectivity index (χ1v) is 11.5. The Morgan fingerprint density at radius 2 is 1.97 bits per heavy atom. The number of halogens is 1. The molecule has 1 aromatic heterocycles. The molecule has 2 heterocycles. The van der Waals surface area contributed by atoms with Crippen molar-refractivity contribution in [3.05, 3.63) is 42.1 Å². The van der Waals surface area contributed by atoms with Crippen LogP contribution in [0.1, 0.15) is 64.0 Å². The predicted molar refractivity (Wildman–Crippen MR) is 112 cm³/mol. The minimum absolute atomic E-state index is 0.0903. The molecule has 4 atom stereocenters. The monoisotopic (exact) mass is 410 g/mol. The van der Waals surface area contributed by atoms with Crippen molar-refractivity contribution >= 4 is 0 Å². The maximum atomic E-state index is 14.8. The first-order valence-electron chi connectivity index (χ1n) is 11.5. The maximum Gasteiger partial charge on any atom is 0.129 e. The van der Waals surface area contributed by atoms with Gasteiger partial charge in [0.1, 0.15) is 5.82 Å². The molecule has 160 valence electrons. The fraction of sp³-hybridized carbons (Fsp3) is 0.640. The van der Waals surface area contributed by atoms with Gasteiger partial charge in [-0.15, -0.1) is 0 Å². The largest absolute Gasteiger partial charge is 0.392 e. The Balaban J connectivity index is 1.32. The van der Waals surface area contributed by atoms with Crippen molar-refractivity contribution in [1.82, 2.24) is 9.55 Å². The van der Waals surface area contributed by atoms with Gasteiger partial charge in [0.15, 0.2) is 0 Å². The van der Waals surface area contributed by atoms with Gasteiger partial charge in [0.05, 0.1) is 36.0 Å². The molecular formula is C25H31FN2O2. The number of hydrogen-bond acceptors (Lipinski definition) is 3. The van der Waals surface area contributed by atoms with E-state index in [4.69, 9.17) is 0 Å². The molecule has 7 rings (SSSR count). The lowest BCUT2D eigenvalue weighted by Crippen LogP contribution is -2.59. The quantitative estimate of drug-likeness (QED) is 0.777. The van der Waals surface area contributed by atoms with E-state index in [0.29, 0.717) is 35.7 Å². The van der Waals surface area contributed by atoms with Gasteiger partial charge >= 0.3 is 0 Å². The summed E-state index contributed by atoms with van der Waals surface area (Å²) in [5.74, 6) is 1.78. The highest BCUT2D eigenvalue weighted by atomic mass is 19.1. The standard InChI is InChI=1S/C25H31FN2O2/c1-24(2,30)23-15-6-14-7-16(23)11-25(9-14,10-15)21(29)8-19-22-17(4-3-5-18(22)26)20-12-27-13-28(19)20/h3-5,12-16,19,21,23,29-30H,6-11H2,1-2H3. The van der Waals surface area contributed by atoms with Gasteiger partial charge in [0, 0.05) is 11.1 Å². The van der Waals surface area contributed by atoms with Gasteiger partial charge in [0.2, 0.25) is 0 Å². The predicted octanol–water partition coefficient (Wildman–Crippen LogP) is 4.56. The summed E-state index contributed by atoms with van der Waals surface area (Å²) >= 11 is 0. The smallest absolute Gasteiger partial charge is 0.129 e. The van der Waals surface area contributed by atoms with E-state index in [1.807, 2.05) is 24.5 Å². The van der Waals surface area contributed by atoms with Crippen LogP contribution < -0.4 is 0 Å². The van der Waals surface area contributed by atoms with Gasteiger partial charge in [-0.1, -0.05) is 12.1 Å². The van der Waals surface area contributed by atoms with E-state index in [0.717, 1.165) is 30.5 Å². The lowest BCUT2D eigenvalue weighted by molar-refractivity contribution is -0.189. The van der Waals surface area contributed by atoms with Crippen LogP contribution in [0.4, 0.5) is 4.39 Å². The molecule has 30 heavy (non-hydrogen) atoms. The molecule has 4 unspecified atom stereocenters. The van der Waals surface area contributed by atoms with Gasteiger partial charge in [0.25, 0.3) is 0 Å². The van der Waals surface area contributed by atoms with Gasteiger partial charge < -0.3 is 14.8 Å². The Hall–Kier alpha value is -1.72. The number of aliphatic hydroxyl groups excluding tert-OH is 1. The molecule has 0 amide bonds. The minimum Gasteiger partial charge on any atom is -0.392 e. The van der Waals surface area contributed by atoms with Crippen LogP contribution in [0.2, 0.25) is 0 Å². The average molecular weight is 411 g/mol. The lowest BCUT2D eigenvalue weighted by atomic mass is 9.43. The Morgan fingerprint density at radius 3 is 2.67 bits per heavy atom. The first kappa shape index (κ1) is 19.0. The molecule has 2 aromatic rings. The number of rotatable bonds is 4. The molecule has 5 heteroatoms. The van der Waals surface area contributed by atoms with E-state index in [-0.39, 0.29) is 17.3 Å². The third-order valence-electron chi connectivity index (χ3n) is 8.95. The van der Waals surface area contributed by atoms with E-state index < -0.39 is 11.7 Å². The first-order chi connectivity index (χ1) is 14.3. The van der Waals surface area contributed by atoms with Crippen LogP contribution in [0.3, 0.4) is 0 Å². The average Bonchev–Trinajstić information content (AvgIpc) is 3.23. The van der Waals surface area contributed by atoms with Crippen molar-refractivity contribution < 1.29 is 14.6 Å². The maximum absolute atomic E-state index is 14.8.